The predicted molar refractivity (Wildman–Crippen MR) is 71.5 cm³/mol. The highest BCUT2D eigenvalue weighted by atomic mass is 19.1. The molecule has 2 heterocycles. The summed E-state index contributed by atoms with van der Waals surface area (Å²) in [5.74, 6) is 1.26. The van der Waals surface area contributed by atoms with E-state index in [-0.39, 0.29) is 12.4 Å². The van der Waals surface area contributed by atoms with Gasteiger partial charge in [-0.1, -0.05) is 0 Å². The van der Waals surface area contributed by atoms with Crippen molar-refractivity contribution < 1.29 is 9.50 Å². The third-order valence-corrected chi connectivity index (χ3v) is 3.96. The van der Waals surface area contributed by atoms with Crippen molar-refractivity contribution in [1.29, 1.82) is 0 Å². The number of halogens is 1. The lowest BCUT2D eigenvalue weighted by molar-refractivity contribution is 0.246. The normalized spacial score (nSPS) is 20.8. The van der Waals surface area contributed by atoms with Crippen molar-refractivity contribution in [3.8, 4) is 0 Å². The lowest BCUT2D eigenvalue weighted by Gasteiger charge is -2.36. The molecule has 1 aliphatic heterocycles. The first-order valence-corrected chi connectivity index (χ1v) is 6.99. The van der Waals surface area contributed by atoms with E-state index in [4.69, 9.17) is 0 Å². The first-order valence-electron chi connectivity index (χ1n) is 6.99. The Kier molecular flexibility index (Phi) is 3.66. The monoisotopic (exact) mass is 265 g/mol. The van der Waals surface area contributed by atoms with Crippen molar-refractivity contribution in [1.82, 2.24) is 9.88 Å². The summed E-state index contributed by atoms with van der Waals surface area (Å²) in [6.07, 6.45) is 3.99. The number of aromatic nitrogens is 1. The summed E-state index contributed by atoms with van der Waals surface area (Å²) < 4.78 is 13.1. The number of aliphatic hydroxyl groups excluding tert-OH is 1. The third kappa shape index (κ3) is 3.04. The SMILES string of the molecule is OCc1cc(F)cnc1N1CCN(CC2CC2)CC1. The highest BCUT2D eigenvalue weighted by Crippen LogP contribution is 2.30. The summed E-state index contributed by atoms with van der Waals surface area (Å²) in [7, 11) is 0. The second kappa shape index (κ2) is 5.43. The molecule has 0 amide bonds. The van der Waals surface area contributed by atoms with Gasteiger partial charge in [0.05, 0.1) is 12.8 Å². The van der Waals surface area contributed by atoms with E-state index in [0.717, 1.165) is 37.9 Å². The van der Waals surface area contributed by atoms with Crippen molar-refractivity contribution in [3.05, 3.63) is 23.6 Å². The van der Waals surface area contributed by atoms with Gasteiger partial charge in [0.2, 0.25) is 0 Å². The Morgan fingerprint density at radius 1 is 1.26 bits per heavy atom. The summed E-state index contributed by atoms with van der Waals surface area (Å²) in [6.45, 7) is 4.91. The molecule has 1 saturated heterocycles. The molecule has 0 spiro atoms. The third-order valence-electron chi connectivity index (χ3n) is 3.96. The maximum Gasteiger partial charge on any atom is 0.142 e. The van der Waals surface area contributed by atoms with Gasteiger partial charge < -0.3 is 10.0 Å². The number of aliphatic hydroxyl groups is 1. The Labute approximate surface area is 112 Å². The molecular weight excluding hydrogens is 245 g/mol. The molecule has 0 unspecified atom stereocenters. The number of nitrogens with zero attached hydrogens (tertiary/aromatic N) is 3. The van der Waals surface area contributed by atoms with Crippen LogP contribution in [-0.4, -0.2) is 47.7 Å². The quantitative estimate of drug-likeness (QED) is 0.889. The highest BCUT2D eigenvalue weighted by Gasteiger charge is 2.27. The van der Waals surface area contributed by atoms with Crippen LogP contribution in [0, 0.1) is 11.7 Å². The minimum atomic E-state index is -0.389. The largest absolute Gasteiger partial charge is 0.392 e. The minimum absolute atomic E-state index is 0.164. The van der Waals surface area contributed by atoms with Crippen molar-refractivity contribution in [2.45, 2.75) is 19.4 Å². The first kappa shape index (κ1) is 12.8. The zero-order chi connectivity index (χ0) is 13.2. The Hall–Kier alpha value is -1.20. The van der Waals surface area contributed by atoms with Gasteiger partial charge in [0.25, 0.3) is 0 Å². The number of pyridine rings is 1. The standard InChI is InChI=1S/C14H20FN3O/c15-13-7-12(10-19)14(16-8-13)18-5-3-17(4-6-18)9-11-1-2-11/h7-8,11,19H,1-6,9-10H2. The van der Waals surface area contributed by atoms with Crippen LogP contribution in [0.1, 0.15) is 18.4 Å². The van der Waals surface area contributed by atoms with Crippen molar-refractivity contribution >= 4 is 5.82 Å². The summed E-state index contributed by atoms with van der Waals surface area (Å²) in [6, 6.07) is 1.37. The molecule has 0 atom stereocenters. The molecule has 5 heteroatoms. The maximum absolute atomic E-state index is 13.1. The van der Waals surface area contributed by atoms with E-state index in [1.165, 1.54) is 31.6 Å². The van der Waals surface area contributed by atoms with Crippen LogP contribution in [0.3, 0.4) is 0 Å². The number of rotatable bonds is 4. The average molecular weight is 265 g/mol. The molecule has 1 aromatic rings. The van der Waals surface area contributed by atoms with E-state index in [2.05, 4.69) is 14.8 Å². The summed E-state index contributed by atoms with van der Waals surface area (Å²) in [5.41, 5.74) is 0.579. The van der Waals surface area contributed by atoms with Gasteiger partial charge >= 0.3 is 0 Å². The van der Waals surface area contributed by atoms with Crippen LogP contribution < -0.4 is 4.90 Å². The lowest BCUT2D eigenvalue weighted by Crippen LogP contribution is -2.47. The Bertz CT molecular complexity index is 442. The van der Waals surface area contributed by atoms with Gasteiger partial charge in [0, 0.05) is 38.3 Å². The molecular formula is C14H20FN3O. The van der Waals surface area contributed by atoms with Gasteiger partial charge in [-0.3, -0.25) is 4.90 Å². The summed E-state index contributed by atoms with van der Waals surface area (Å²) in [4.78, 5) is 8.79. The summed E-state index contributed by atoms with van der Waals surface area (Å²) >= 11 is 0. The van der Waals surface area contributed by atoms with Crippen molar-refractivity contribution in [2.75, 3.05) is 37.6 Å². The fourth-order valence-electron chi connectivity index (χ4n) is 2.68. The maximum atomic E-state index is 13.1. The summed E-state index contributed by atoms with van der Waals surface area (Å²) in [5, 5.41) is 9.31. The number of anilines is 1. The van der Waals surface area contributed by atoms with Gasteiger partial charge in [-0.05, 0) is 24.8 Å². The molecule has 0 aromatic carbocycles. The highest BCUT2D eigenvalue weighted by molar-refractivity contribution is 5.47. The molecule has 104 valence electrons. The smallest absolute Gasteiger partial charge is 0.142 e. The van der Waals surface area contributed by atoms with E-state index in [0.29, 0.717) is 5.56 Å². The van der Waals surface area contributed by atoms with Gasteiger partial charge in [-0.2, -0.15) is 0 Å². The van der Waals surface area contributed by atoms with Crippen molar-refractivity contribution in [2.24, 2.45) is 5.92 Å². The fraction of sp³-hybridized carbons (Fsp3) is 0.643. The van der Waals surface area contributed by atoms with E-state index < -0.39 is 0 Å². The Morgan fingerprint density at radius 2 is 2.00 bits per heavy atom. The molecule has 1 aromatic heterocycles. The average Bonchev–Trinajstić information content (AvgIpc) is 3.24. The first-order chi connectivity index (χ1) is 9.26. The van der Waals surface area contributed by atoms with E-state index in [1.807, 2.05) is 0 Å². The van der Waals surface area contributed by atoms with Crippen LogP contribution in [0.5, 0.6) is 0 Å². The van der Waals surface area contributed by atoms with E-state index in [1.54, 1.807) is 0 Å². The van der Waals surface area contributed by atoms with E-state index >= 15 is 0 Å². The minimum Gasteiger partial charge on any atom is -0.392 e. The molecule has 1 saturated carbocycles. The zero-order valence-electron chi connectivity index (χ0n) is 11.1. The van der Waals surface area contributed by atoms with Gasteiger partial charge in [0.1, 0.15) is 11.6 Å². The Morgan fingerprint density at radius 3 is 2.63 bits per heavy atom. The fourth-order valence-corrected chi connectivity index (χ4v) is 2.68. The molecule has 0 radical (unpaired) electrons. The second-order valence-corrected chi connectivity index (χ2v) is 5.53. The number of hydrogen-bond acceptors (Lipinski definition) is 4. The number of hydrogen-bond donors (Lipinski definition) is 1. The molecule has 19 heavy (non-hydrogen) atoms. The molecule has 2 aliphatic rings. The molecule has 1 N–H and O–H groups in total. The van der Waals surface area contributed by atoms with E-state index in [9.17, 15) is 9.50 Å². The van der Waals surface area contributed by atoms with Crippen LogP contribution >= 0.6 is 0 Å². The second-order valence-electron chi connectivity index (χ2n) is 5.53. The molecule has 1 aliphatic carbocycles. The molecule has 3 rings (SSSR count). The van der Waals surface area contributed by atoms with Gasteiger partial charge in [0.15, 0.2) is 0 Å². The van der Waals surface area contributed by atoms with Gasteiger partial charge in [-0.25, -0.2) is 9.37 Å². The van der Waals surface area contributed by atoms with Crippen LogP contribution in [0.25, 0.3) is 0 Å². The molecule has 4 nitrogen and oxygen atoms in total. The van der Waals surface area contributed by atoms with Crippen LogP contribution in [0.4, 0.5) is 10.2 Å². The molecule has 2 fully saturated rings. The molecule has 0 bridgehead atoms. The van der Waals surface area contributed by atoms with Crippen LogP contribution in [0.15, 0.2) is 12.3 Å². The lowest BCUT2D eigenvalue weighted by atomic mass is 10.2. The van der Waals surface area contributed by atoms with Crippen LogP contribution in [-0.2, 0) is 6.61 Å². The zero-order valence-corrected chi connectivity index (χ0v) is 11.1. The number of piperazine rings is 1. The van der Waals surface area contributed by atoms with Crippen molar-refractivity contribution in [3.63, 3.8) is 0 Å². The Balaban J connectivity index is 1.63. The van der Waals surface area contributed by atoms with Crippen LogP contribution in [0.2, 0.25) is 0 Å². The van der Waals surface area contributed by atoms with Gasteiger partial charge in [-0.15, -0.1) is 0 Å². The topological polar surface area (TPSA) is 39.6 Å². The predicted octanol–water partition coefficient (Wildman–Crippen LogP) is 1.24.